The summed E-state index contributed by atoms with van der Waals surface area (Å²) in [7, 11) is 0. The summed E-state index contributed by atoms with van der Waals surface area (Å²) in [6.07, 6.45) is 4.80. The maximum atomic E-state index is 5.77. The molecule has 0 saturated carbocycles. The van der Waals surface area contributed by atoms with Gasteiger partial charge in [0.1, 0.15) is 0 Å². The molecule has 0 saturated heterocycles. The molecule has 1 aromatic carbocycles. The van der Waals surface area contributed by atoms with Crippen molar-refractivity contribution >= 4 is 11.7 Å². The molecular weight excluding hydrogens is 224 g/mol. The highest BCUT2D eigenvalue weighted by atomic mass is 16.5. The highest BCUT2D eigenvalue weighted by Gasteiger charge is 2.07. The van der Waals surface area contributed by atoms with E-state index in [4.69, 9.17) is 10.5 Å². The lowest BCUT2D eigenvalue weighted by Crippen LogP contribution is -2.20. The van der Waals surface area contributed by atoms with Crippen LogP contribution in [0.3, 0.4) is 0 Å². The first kappa shape index (κ1) is 14.6. The van der Waals surface area contributed by atoms with Crippen molar-refractivity contribution in [3.8, 4) is 0 Å². The van der Waals surface area contributed by atoms with Crippen LogP contribution in [0.25, 0.3) is 0 Å². The van der Waals surface area contributed by atoms with E-state index in [0.717, 1.165) is 12.1 Å². The molecule has 1 unspecified atom stereocenters. The fraction of sp³-hybridized carbons (Fsp3) is 0.533. The average Bonchev–Trinajstić information content (AvgIpc) is 2.40. The van der Waals surface area contributed by atoms with Gasteiger partial charge in [0.05, 0.1) is 12.3 Å². The second-order valence-corrected chi connectivity index (χ2v) is 4.51. The second-order valence-electron chi connectivity index (χ2n) is 4.51. The largest absolute Gasteiger partial charge is 0.465 e. The number of ether oxygens (including phenoxy) is 1. The number of benzene rings is 1. The molecule has 0 aromatic heterocycles. The van der Waals surface area contributed by atoms with Crippen molar-refractivity contribution in [1.82, 2.24) is 0 Å². The number of unbranched alkanes of at least 4 members (excludes halogenated alkanes) is 1. The van der Waals surface area contributed by atoms with Gasteiger partial charge < -0.3 is 10.5 Å². The Balaban J connectivity index is 2.39. The number of hydrogen-bond acceptors (Lipinski definition) is 2. The first-order valence-corrected chi connectivity index (χ1v) is 6.78. The van der Waals surface area contributed by atoms with Crippen LogP contribution in [0.1, 0.15) is 39.5 Å². The van der Waals surface area contributed by atoms with Gasteiger partial charge in [-0.15, -0.1) is 0 Å². The standard InChI is InChI=1S/C15H24N2O/c1-3-5-9-13(4-2)12-18-15(16)17-14-10-7-6-8-11-14/h6-8,10-11,13H,3-5,9,12H2,1-2H3,(H2,16,17). The summed E-state index contributed by atoms with van der Waals surface area (Å²) in [6.45, 7) is 5.06. The second kappa shape index (κ2) is 8.56. The van der Waals surface area contributed by atoms with Gasteiger partial charge in [-0.3, -0.25) is 0 Å². The molecular formula is C15H24N2O. The van der Waals surface area contributed by atoms with Crippen LogP contribution in [0.2, 0.25) is 0 Å². The lowest BCUT2D eigenvalue weighted by molar-refractivity contribution is 0.219. The fourth-order valence-corrected chi connectivity index (χ4v) is 1.76. The minimum Gasteiger partial charge on any atom is -0.465 e. The minimum absolute atomic E-state index is 0.260. The van der Waals surface area contributed by atoms with Gasteiger partial charge in [0.15, 0.2) is 0 Å². The maximum absolute atomic E-state index is 5.77. The van der Waals surface area contributed by atoms with E-state index < -0.39 is 0 Å². The molecule has 0 amide bonds. The van der Waals surface area contributed by atoms with E-state index in [1.165, 1.54) is 19.3 Å². The molecule has 0 heterocycles. The third-order valence-electron chi connectivity index (χ3n) is 3.01. The summed E-state index contributed by atoms with van der Waals surface area (Å²) in [4.78, 5) is 4.22. The van der Waals surface area contributed by atoms with Crippen molar-refractivity contribution in [2.24, 2.45) is 16.6 Å². The quantitative estimate of drug-likeness (QED) is 0.588. The van der Waals surface area contributed by atoms with Gasteiger partial charge in [-0.25, -0.2) is 0 Å². The van der Waals surface area contributed by atoms with Crippen LogP contribution < -0.4 is 5.73 Å². The normalized spacial score (nSPS) is 13.3. The molecule has 1 aromatic rings. The summed E-state index contributed by atoms with van der Waals surface area (Å²) >= 11 is 0. The van der Waals surface area contributed by atoms with Crippen LogP contribution in [-0.4, -0.2) is 12.6 Å². The summed E-state index contributed by atoms with van der Waals surface area (Å²) in [5, 5.41) is 0. The van der Waals surface area contributed by atoms with E-state index in [1.807, 2.05) is 30.3 Å². The molecule has 0 spiro atoms. The van der Waals surface area contributed by atoms with E-state index in [9.17, 15) is 0 Å². The average molecular weight is 248 g/mol. The molecule has 3 heteroatoms. The van der Waals surface area contributed by atoms with Crippen LogP contribution in [0, 0.1) is 5.92 Å². The Bertz CT molecular complexity index is 349. The van der Waals surface area contributed by atoms with Crippen molar-refractivity contribution in [3.05, 3.63) is 30.3 Å². The summed E-state index contributed by atoms with van der Waals surface area (Å²) < 4.78 is 5.52. The number of nitrogens with zero attached hydrogens (tertiary/aromatic N) is 1. The molecule has 0 radical (unpaired) electrons. The molecule has 1 atom stereocenters. The first-order valence-electron chi connectivity index (χ1n) is 6.78. The minimum atomic E-state index is 0.260. The number of amidine groups is 1. The smallest absolute Gasteiger partial charge is 0.287 e. The van der Waals surface area contributed by atoms with Gasteiger partial charge in [0.25, 0.3) is 6.02 Å². The summed E-state index contributed by atoms with van der Waals surface area (Å²) in [5.41, 5.74) is 6.60. The number of hydrogen-bond donors (Lipinski definition) is 1. The topological polar surface area (TPSA) is 47.6 Å². The molecule has 0 bridgehead atoms. The fourth-order valence-electron chi connectivity index (χ4n) is 1.76. The lowest BCUT2D eigenvalue weighted by Gasteiger charge is -2.14. The highest BCUT2D eigenvalue weighted by molar-refractivity contribution is 5.75. The molecule has 0 aliphatic carbocycles. The van der Waals surface area contributed by atoms with Gasteiger partial charge in [-0.1, -0.05) is 51.3 Å². The Hall–Kier alpha value is -1.51. The number of nitrogens with two attached hydrogens (primary N) is 1. The van der Waals surface area contributed by atoms with Crippen molar-refractivity contribution < 1.29 is 4.74 Å². The molecule has 18 heavy (non-hydrogen) atoms. The molecule has 0 fully saturated rings. The SMILES string of the molecule is CCCCC(CC)COC(N)=Nc1ccccc1. The van der Waals surface area contributed by atoms with E-state index in [2.05, 4.69) is 18.8 Å². The highest BCUT2D eigenvalue weighted by Crippen LogP contribution is 2.14. The first-order chi connectivity index (χ1) is 8.76. The van der Waals surface area contributed by atoms with E-state index >= 15 is 0 Å². The summed E-state index contributed by atoms with van der Waals surface area (Å²) in [6, 6.07) is 9.89. The van der Waals surface area contributed by atoms with E-state index in [-0.39, 0.29) is 6.02 Å². The van der Waals surface area contributed by atoms with Gasteiger partial charge in [-0.2, -0.15) is 4.99 Å². The van der Waals surface area contributed by atoms with Crippen molar-refractivity contribution in [2.45, 2.75) is 39.5 Å². The van der Waals surface area contributed by atoms with Crippen LogP contribution in [0.15, 0.2) is 35.3 Å². The third-order valence-corrected chi connectivity index (χ3v) is 3.01. The molecule has 0 aliphatic heterocycles. The van der Waals surface area contributed by atoms with Crippen LogP contribution >= 0.6 is 0 Å². The van der Waals surface area contributed by atoms with Gasteiger partial charge in [0, 0.05) is 0 Å². The Labute approximate surface area is 110 Å². The predicted molar refractivity (Wildman–Crippen MR) is 77.0 cm³/mol. The number of aliphatic imine (C=N–C) groups is 1. The van der Waals surface area contributed by atoms with Gasteiger partial charge in [-0.05, 0) is 24.5 Å². The molecule has 100 valence electrons. The predicted octanol–water partition coefficient (Wildman–Crippen LogP) is 3.87. The van der Waals surface area contributed by atoms with Crippen molar-refractivity contribution in [3.63, 3.8) is 0 Å². The van der Waals surface area contributed by atoms with Gasteiger partial charge in [0.2, 0.25) is 0 Å². The molecule has 1 rings (SSSR count). The van der Waals surface area contributed by atoms with Gasteiger partial charge >= 0.3 is 0 Å². The van der Waals surface area contributed by atoms with Crippen LogP contribution in [0.4, 0.5) is 5.69 Å². The zero-order valence-corrected chi connectivity index (χ0v) is 11.4. The monoisotopic (exact) mass is 248 g/mol. The summed E-state index contributed by atoms with van der Waals surface area (Å²) in [5.74, 6) is 0.578. The maximum Gasteiger partial charge on any atom is 0.287 e. The zero-order chi connectivity index (χ0) is 13.2. The Kier molecular flexibility index (Phi) is 6.92. The van der Waals surface area contributed by atoms with Crippen LogP contribution in [0.5, 0.6) is 0 Å². The molecule has 2 N–H and O–H groups in total. The van der Waals surface area contributed by atoms with Crippen molar-refractivity contribution in [1.29, 1.82) is 0 Å². The van der Waals surface area contributed by atoms with Crippen LogP contribution in [-0.2, 0) is 4.74 Å². The Morgan fingerprint density at radius 2 is 2.00 bits per heavy atom. The van der Waals surface area contributed by atoms with E-state index in [1.54, 1.807) is 0 Å². The van der Waals surface area contributed by atoms with E-state index in [0.29, 0.717) is 12.5 Å². The molecule has 0 aliphatic rings. The number of para-hydroxylation sites is 1. The lowest BCUT2D eigenvalue weighted by atomic mass is 10.0. The third kappa shape index (κ3) is 5.71. The zero-order valence-electron chi connectivity index (χ0n) is 11.4. The van der Waals surface area contributed by atoms with Crippen molar-refractivity contribution in [2.75, 3.05) is 6.61 Å². The Morgan fingerprint density at radius 3 is 2.61 bits per heavy atom. The molecule has 3 nitrogen and oxygen atoms in total. The number of rotatable bonds is 7. The Morgan fingerprint density at radius 1 is 1.28 bits per heavy atom.